The number of methoxy groups -OCH3 is 1. The van der Waals surface area contributed by atoms with Gasteiger partial charge in [-0.15, -0.1) is 10.2 Å². The number of ether oxygens (including phenoxy) is 1. The predicted molar refractivity (Wildman–Crippen MR) is 76.3 cm³/mol. The molecule has 0 fully saturated rings. The first-order valence-corrected chi connectivity index (χ1v) is 7.28. The van der Waals surface area contributed by atoms with Crippen molar-refractivity contribution in [3.05, 3.63) is 29.8 Å². The Kier molecular flexibility index (Phi) is 3.60. The fraction of sp³-hybridized carbons (Fsp3) is 0.308. The highest BCUT2D eigenvalue weighted by molar-refractivity contribution is 7.99. The molecule has 6 nitrogen and oxygen atoms in total. The van der Waals surface area contributed by atoms with Crippen molar-refractivity contribution in [3.63, 3.8) is 0 Å². The number of anilines is 1. The molecule has 20 heavy (non-hydrogen) atoms. The Morgan fingerprint density at radius 1 is 1.45 bits per heavy atom. The number of amides is 1. The van der Waals surface area contributed by atoms with E-state index in [9.17, 15) is 4.79 Å². The van der Waals surface area contributed by atoms with E-state index in [-0.39, 0.29) is 5.91 Å². The van der Waals surface area contributed by atoms with E-state index in [0.29, 0.717) is 17.3 Å². The first-order chi connectivity index (χ1) is 9.78. The third-order valence-electron chi connectivity index (χ3n) is 3.03. The summed E-state index contributed by atoms with van der Waals surface area (Å²) >= 11 is 1.66. The molecule has 1 aliphatic rings. The average Bonchev–Trinajstić information content (AvgIpc) is 2.90. The van der Waals surface area contributed by atoms with E-state index in [1.807, 2.05) is 4.57 Å². The van der Waals surface area contributed by atoms with Crippen LogP contribution in [-0.2, 0) is 6.54 Å². The number of benzene rings is 1. The molecule has 7 heteroatoms. The van der Waals surface area contributed by atoms with Crippen LogP contribution in [0.15, 0.2) is 29.4 Å². The molecule has 0 aliphatic carbocycles. The topological polar surface area (TPSA) is 69.0 Å². The third kappa shape index (κ3) is 2.49. The third-order valence-corrected chi connectivity index (χ3v) is 4.08. The van der Waals surface area contributed by atoms with Gasteiger partial charge in [-0.1, -0.05) is 17.8 Å². The van der Waals surface area contributed by atoms with Gasteiger partial charge in [-0.2, -0.15) is 0 Å². The molecule has 1 amide bonds. The van der Waals surface area contributed by atoms with Gasteiger partial charge in [-0.3, -0.25) is 14.7 Å². The number of thioether (sulfide) groups is 1. The SMILES string of the molecule is COc1cccc(C(=O)Nc2nnc3n2CCCS3)c1. The summed E-state index contributed by atoms with van der Waals surface area (Å²) in [6, 6.07) is 7.01. The molecule has 2 heterocycles. The Balaban J connectivity index is 1.80. The van der Waals surface area contributed by atoms with E-state index in [4.69, 9.17) is 4.74 Å². The lowest BCUT2D eigenvalue weighted by atomic mass is 10.2. The maximum absolute atomic E-state index is 12.2. The van der Waals surface area contributed by atoms with Gasteiger partial charge in [0.1, 0.15) is 5.75 Å². The van der Waals surface area contributed by atoms with Gasteiger partial charge in [0.05, 0.1) is 7.11 Å². The summed E-state index contributed by atoms with van der Waals surface area (Å²) in [7, 11) is 1.57. The zero-order valence-electron chi connectivity index (χ0n) is 11.0. The van der Waals surface area contributed by atoms with Crippen LogP contribution in [0.1, 0.15) is 16.8 Å². The lowest BCUT2D eigenvalue weighted by Crippen LogP contribution is -2.17. The van der Waals surface area contributed by atoms with Crippen molar-refractivity contribution < 1.29 is 9.53 Å². The number of hydrogen-bond acceptors (Lipinski definition) is 5. The van der Waals surface area contributed by atoms with Crippen LogP contribution in [0.4, 0.5) is 5.95 Å². The van der Waals surface area contributed by atoms with E-state index in [0.717, 1.165) is 23.9 Å². The molecule has 0 radical (unpaired) electrons. The van der Waals surface area contributed by atoms with Gasteiger partial charge >= 0.3 is 0 Å². The van der Waals surface area contributed by atoms with Crippen LogP contribution in [0.5, 0.6) is 5.75 Å². The summed E-state index contributed by atoms with van der Waals surface area (Å²) in [6.45, 7) is 0.836. The number of carbonyl (C=O) groups excluding carboxylic acids is 1. The van der Waals surface area contributed by atoms with Crippen molar-refractivity contribution in [2.45, 2.75) is 18.1 Å². The molecule has 0 saturated carbocycles. The highest BCUT2D eigenvalue weighted by Gasteiger charge is 2.18. The molecule has 1 N–H and O–H groups in total. The minimum atomic E-state index is -0.213. The minimum absolute atomic E-state index is 0.213. The van der Waals surface area contributed by atoms with Crippen molar-refractivity contribution in [1.82, 2.24) is 14.8 Å². The van der Waals surface area contributed by atoms with E-state index < -0.39 is 0 Å². The standard InChI is InChI=1S/C13H14N4O2S/c1-19-10-5-2-4-9(8-10)11(18)14-12-15-16-13-17(12)6-3-7-20-13/h2,4-5,8H,3,6-7H2,1H3,(H,14,15,18). The molecule has 0 unspecified atom stereocenters. The molecular formula is C13H14N4O2S. The number of fused-ring (bicyclic) bond motifs is 1. The van der Waals surface area contributed by atoms with Crippen molar-refractivity contribution in [2.24, 2.45) is 0 Å². The van der Waals surface area contributed by atoms with Gasteiger partial charge in [0.2, 0.25) is 5.95 Å². The summed E-state index contributed by atoms with van der Waals surface area (Å²) in [5.41, 5.74) is 0.533. The van der Waals surface area contributed by atoms with Crippen molar-refractivity contribution in [3.8, 4) is 5.75 Å². The molecule has 2 aromatic rings. The fourth-order valence-electron chi connectivity index (χ4n) is 2.01. The largest absolute Gasteiger partial charge is 0.497 e. The van der Waals surface area contributed by atoms with Crippen LogP contribution in [-0.4, -0.2) is 33.5 Å². The molecule has 104 valence electrons. The lowest BCUT2D eigenvalue weighted by molar-refractivity contribution is 0.102. The molecule has 0 bridgehead atoms. The number of aromatic nitrogens is 3. The molecule has 0 atom stereocenters. The van der Waals surface area contributed by atoms with Gasteiger partial charge in [-0.05, 0) is 24.6 Å². The van der Waals surface area contributed by atoms with Crippen molar-refractivity contribution >= 4 is 23.6 Å². The van der Waals surface area contributed by atoms with Crippen LogP contribution in [0.3, 0.4) is 0 Å². The Morgan fingerprint density at radius 3 is 3.20 bits per heavy atom. The van der Waals surface area contributed by atoms with E-state index >= 15 is 0 Å². The summed E-state index contributed by atoms with van der Waals surface area (Å²) in [5, 5.41) is 11.8. The molecule has 0 saturated heterocycles. The average molecular weight is 290 g/mol. The normalized spacial score (nSPS) is 13.7. The van der Waals surface area contributed by atoms with Crippen molar-refractivity contribution in [2.75, 3.05) is 18.2 Å². The first-order valence-electron chi connectivity index (χ1n) is 6.29. The minimum Gasteiger partial charge on any atom is -0.497 e. The van der Waals surface area contributed by atoms with E-state index in [2.05, 4.69) is 15.5 Å². The monoisotopic (exact) mass is 290 g/mol. The summed E-state index contributed by atoms with van der Waals surface area (Å²) in [6.07, 6.45) is 1.05. The molecule has 3 rings (SSSR count). The molecule has 0 spiro atoms. The second-order valence-electron chi connectivity index (χ2n) is 4.35. The second kappa shape index (κ2) is 5.54. The number of nitrogens with one attached hydrogen (secondary N) is 1. The van der Waals surface area contributed by atoms with Crippen LogP contribution in [0.25, 0.3) is 0 Å². The summed E-state index contributed by atoms with van der Waals surface area (Å²) in [5.74, 6) is 1.98. The highest BCUT2D eigenvalue weighted by atomic mass is 32.2. The lowest BCUT2D eigenvalue weighted by Gasteiger charge is -2.14. The van der Waals surface area contributed by atoms with Crippen LogP contribution in [0.2, 0.25) is 0 Å². The van der Waals surface area contributed by atoms with Crippen molar-refractivity contribution in [1.29, 1.82) is 0 Å². The highest BCUT2D eigenvalue weighted by Crippen LogP contribution is 2.25. The number of rotatable bonds is 3. The number of nitrogens with zero attached hydrogens (tertiary/aromatic N) is 3. The second-order valence-corrected chi connectivity index (χ2v) is 5.41. The molecule has 1 aromatic carbocycles. The van der Waals surface area contributed by atoms with Gasteiger partial charge in [0.15, 0.2) is 5.16 Å². The van der Waals surface area contributed by atoms with Gasteiger partial charge in [0, 0.05) is 17.9 Å². The van der Waals surface area contributed by atoms with Gasteiger partial charge in [-0.25, -0.2) is 0 Å². The number of carbonyl (C=O) groups is 1. The van der Waals surface area contributed by atoms with E-state index in [1.165, 1.54) is 0 Å². The van der Waals surface area contributed by atoms with Crippen LogP contribution >= 0.6 is 11.8 Å². The number of hydrogen-bond donors (Lipinski definition) is 1. The van der Waals surface area contributed by atoms with Crippen LogP contribution in [0, 0.1) is 0 Å². The summed E-state index contributed by atoms with van der Waals surface area (Å²) in [4.78, 5) is 12.2. The Labute approximate surface area is 120 Å². The molecule has 1 aliphatic heterocycles. The van der Waals surface area contributed by atoms with Gasteiger partial charge in [0.25, 0.3) is 5.91 Å². The molecular weight excluding hydrogens is 276 g/mol. The predicted octanol–water partition coefficient (Wildman–Crippen LogP) is 2.03. The Bertz CT molecular complexity index is 641. The van der Waals surface area contributed by atoms with Gasteiger partial charge < -0.3 is 4.74 Å². The zero-order valence-corrected chi connectivity index (χ0v) is 11.8. The fourth-order valence-corrected chi connectivity index (χ4v) is 2.90. The Hall–Kier alpha value is -2.02. The molecule has 1 aromatic heterocycles. The van der Waals surface area contributed by atoms with E-state index in [1.54, 1.807) is 43.1 Å². The Morgan fingerprint density at radius 2 is 2.35 bits per heavy atom. The maximum atomic E-state index is 12.2. The zero-order chi connectivity index (χ0) is 13.9. The van der Waals surface area contributed by atoms with Crippen LogP contribution < -0.4 is 10.1 Å². The summed E-state index contributed by atoms with van der Waals surface area (Å²) < 4.78 is 7.05. The quantitative estimate of drug-likeness (QED) is 0.936. The smallest absolute Gasteiger partial charge is 0.258 e. The maximum Gasteiger partial charge on any atom is 0.258 e. The first kappa shape index (κ1) is 13.0.